The van der Waals surface area contributed by atoms with Crippen LogP contribution in [0.15, 0.2) is 29.2 Å². The number of hydrogen-bond donors (Lipinski definition) is 2. The fourth-order valence-corrected chi connectivity index (χ4v) is 3.23. The highest BCUT2D eigenvalue weighted by atomic mass is 35.5. The van der Waals surface area contributed by atoms with Crippen molar-refractivity contribution in [3.63, 3.8) is 0 Å². The Morgan fingerprint density at radius 1 is 1.43 bits per heavy atom. The SMILES string of the molecule is CCCc1cc(NS(=O)(=O)c2cc(Cl)ccc2C#N)n[nH]1. The number of benzene rings is 1. The topological polar surface area (TPSA) is 98.6 Å². The third-order valence-electron chi connectivity index (χ3n) is 2.74. The molecule has 1 heterocycles. The number of rotatable bonds is 5. The lowest BCUT2D eigenvalue weighted by atomic mass is 10.2. The van der Waals surface area contributed by atoms with Crippen LogP contribution in [0.2, 0.25) is 5.02 Å². The van der Waals surface area contributed by atoms with E-state index in [0.29, 0.717) is 0 Å². The molecular weight excluding hydrogens is 312 g/mol. The average molecular weight is 325 g/mol. The summed E-state index contributed by atoms with van der Waals surface area (Å²) in [7, 11) is -3.92. The molecule has 1 aromatic carbocycles. The molecule has 0 amide bonds. The van der Waals surface area contributed by atoms with E-state index < -0.39 is 10.0 Å². The molecule has 0 unspecified atom stereocenters. The molecule has 0 aliphatic carbocycles. The molecule has 0 atom stereocenters. The predicted molar refractivity (Wildman–Crippen MR) is 79.6 cm³/mol. The normalized spacial score (nSPS) is 11.1. The summed E-state index contributed by atoms with van der Waals surface area (Å²) >= 11 is 5.80. The van der Waals surface area contributed by atoms with E-state index in [4.69, 9.17) is 16.9 Å². The minimum Gasteiger partial charge on any atom is -0.280 e. The summed E-state index contributed by atoms with van der Waals surface area (Å²) in [4.78, 5) is -0.169. The molecule has 0 spiro atoms. The number of aromatic nitrogens is 2. The zero-order chi connectivity index (χ0) is 15.5. The van der Waals surface area contributed by atoms with Crippen molar-refractivity contribution in [2.45, 2.75) is 24.7 Å². The summed E-state index contributed by atoms with van der Waals surface area (Å²) in [5.74, 6) is 0.183. The lowest BCUT2D eigenvalue weighted by Crippen LogP contribution is -2.14. The van der Waals surface area contributed by atoms with Gasteiger partial charge in [-0.3, -0.25) is 9.82 Å². The highest BCUT2D eigenvalue weighted by Gasteiger charge is 2.20. The molecule has 0 aliphatic heterocycles. The van der Waals surface area contributed by atoms with Crippen LogP contribution in [0.25, 0.3) is 0 Å². The van der Waals surface area contributed by atoms with Crippen LogP contribution < -0.4 is 4.72 Å². The van der Waals surface area contributed by atoms with Crippen molar-refractivity contribution in [2.24, 2.45) is 0 Å². The first kappa shape index (κ1) is 15.4. The van der Waals surface area contributed by atoms with Gasteiger partial charge >= 0.3 is 0 Å². The zero-order valence-corrected chi connectivity index (χ0v) is 12.8. The second-order valence-corrected chi connectivity index (χ2v) is 6.47. The van der Waals surface area contributed by atoms with E-state index in [2.05, 4.69) is 14.9 Å². The molecule has 6 nitrogen and oxygen atoms in total. The Balaban J connectivity index is 2.34. The molecule has 110 valence electrons. The number of nitriles is 1. The van der Waals surface area contributed by atoms with Crippen LogP contribution in [0.4, 0.5) is 5.82 Å². The summed E-state index contributed by atoms with van der Waals surface area (Å²) < 4.78 is 27.0. The van der Waals surface area contributed by atoms with Crippen LogP contribution in [0.1, 0.15) is 24.6 Å². The number of nitrogens with one attached hydrogen (secondary N) is 2. The van der Waals surface area contributed by atoms with Gasteiger partial charge in [0, 0.05) is 16.8 Å². The van der Waals surface area contributed by atoms with Crippen molar-refractivity contribution in [2.75, 3.05) is 4.72 Å². The minimum atomic E-state index is -3.92. The third-order valence-corrected chi connectivity index (χ3v) is 4.37. The largest absolute Gasteiger partial charge is 0.280 e. The number of hydrogen-bond acceptors (Lipinski definition) is 4. The summed E-state index contributed by atoms with van der Waals surface area (Å²) in [6.45, 7) is 2.01. The summed E-state index contributed by atoms with van der Waals surface area (Å²) in [6.07, 6.45) is 1.69. The molecule has 0 radical (unpaired) electrons. The van der Waals surface area contributed by atoms with Crippen molar-refractivity contribution in [3.05, 3.63) is 40.5 Å². The van der Waals surface area contributed by atoms with E-state index in [-0.39, 0.29) is 21.3 Å². The smallest absolute Gasteiger partial charge is 0.264 e. The summed E-state index contributed by atoms with van der Waals surface area (Å²) in [6, 6.07) is 7.53. The third kappa shape index (κ3) is 3.54. The van der Waals surface area contributed by atoms with Gasteiger partial charge < -0.3 is 0 Å². The van der Waals surface area contributed by atoms with Crippen molar-refractivity contribution in [1.29, 1.82) is 5.26 Å². The number of H-pyrrole nitrogens is 1. The summed E-state index contributed by atoms with van der Waals surface area (Å²) in [5.41, 5.74) is 0.859. The van der Waals surface area contributed by atoms with Gasteiger partial charge in [0.05, 0.1) is 5.56 Å². The first-order valence-electron chi connectivity index (χ1n) is 6.23. The molecule has 0 fully saturated rings. The van der Waals surface area contributed by atoms with Crippen molar-refractivity contribution >= 4 is 27.4 Å². The maximum absolute atomic E-state index is 12.3. The van der Waals surface area contributed by atoms with E-state index in [1.54, 1.807) is 6.07 Å². The highest BCUT2D eigenvalue weighted by Crippen LogP contribution is 2.22. The lowest BCUT2D eigenvalue weighted by molar-refractivity contribution is 0.600. The van der Waals surface area contributed by atoms with Crippen LogP contribution in [0.5, 0.6) is 0 Å². The van der Waals surface area contributed by atoms with Crippen LogP contribution >= 0.6 is 11.6 Å². The van der Waals surface area contributed by atoms with E-state index >= 15 is 0 Å². The Hall–Kier alpha value is -2.04. The van der Waals surface area contributed by atoms with Crippen molar-refractivity contribution < 1.29 is 8.42 Å². The number of aromatic amines is 1. The fraction of sp³-hybridized carbons (Fsp3) is 0.231. The fourth-order valence-electron chi connectivity index (χ4n) is 1.81. The standard InChI is InChI=1S/C13H13ClN4O2S/c1-2-3-11-7-13(17-16-11)18-21(19,20)12-6-10(14)5-4-9(12)8-15/h4-7H,2-3H2,1H3,(H2,16,17,18). The van der Waals surface area contributed by atoms with Crippen LogP contribution in [-0.4, -0.2) is 18.6 Å². The highest BCUT2D eigenvalue weighted by molar-refractivity contribution is 7.92. The molecule has 21 heavy (non-hydrogen) atoms. The molecule has 0 aliphatic rings. The number of halogens is 1. The van der Waals surface area contributed by atoms with Crippen LogP contribution in [0.3, 0.4) is 0 Å². The van der Waals surface area contributed by atoms with Gasteiger partial charge in [-0.15, -0.1) is 0 Å². The van der Waals surface area contributed by atoms with Gasteiger partial charge in [-0.2, -0.15) is 10.4 Å². The van der Waals surface area contributed by atoms with Gasteiger partial charge in [0.1, 0.15) is 11.0 Å². The Morgan fingerprint density at radius 3 is 2.86 bits per heavy atom. The number of nitrogens with zero attached hydrogens (tertiary/aromatic N) is 2. The first-order chi connectivity index (χ1) is 9.96. The van der Waals surface area contributed by atoms with Crippen molar-refractivity contribution in [1.82, 2.24) is 10.2 Å². The monoisotopic (exact) mass is 324 g/mol. The van der Waals surface area contributed by atoms with E-state index in [0.717, 1.165) is 18.5 Å². The van der Waals surface area contributed by atoms with E-state index in [1.807, 2.05) is 13.0 Å². The lowest BCUT2D eigenvalue weighted by Gasteiger charge is -2.07. The molecular formula is C13H13ClN4O2S. The molecule has 0 saturated carbocycles. The minimum absolute atomic E-state index is 0.0243. The molecule has 2 aromatic rings. The molecule has 2 rings (SSSR count). The maximum Gasteiger partial charge on any atom is 0.264 e. The van der Waals surface area contributed by atoms with Crippen LogP contribution in [-0.2, 0) is 16.4 Å². The van der Waals surface area contributed by atoms with Gasteiger partial charge in [-0.25, -0.2) is 8.42 Å². The molecule has 0 bridgehead atoms. The van der Waals surface area contributed by atoms with Crippen molar-refractivity contribution in [3.8, 4) is 6.07 Å². The Labute approximate surface area is 127 Å². The van der Waals surface area contributed by atoms with E-state index in [9.17, 15) is 8.42 Å². The molecule has 0 saturated heterocycles. The molecule has 2 N–H and O–H groups in total. The average Bonchev–Trinajstić information content (AvgIpc) is 2.86. The first-order valence-corrected chi connectivity index (χ1v) is 8.09. The van der Waals surface area contributed by atoms with E-state index in [1.165, 1.54) is 18.2 Å². The maximum atomic E-state index is 12.3. The van der Waals surface area contributed by atoms with Gasteiger partial charge in [-0.1, -0.05) is 24.9 Å². The summed E-state index contributed by atoms with van der Waals surface area (Å²) in [5, 5.41) is 15.9. The van der Waals surface area contributed by atoms with Gasteiger partial charge in [-0.05, 0) is 24.6 Å². The molecule has 1 aromatic heterocycles. The Kier molecular flexibility index (Phi) is 4.50. The molecule has 8 heteroatoms. The van der Waals surface area contributed by atoms with Gasteiger partial charge in [0.2, 0.25) is 0 Å². The number of sulfonamides is 1. The Morgan fingerprint density at radius 2 is 2.19 bits per heavy atom. The zero-order valence-electron chi connectivity index (χ0n) is 11.2. The second kappa shape index (κ2) is 6.16. The quantitative estimate of drug-likeness (QED) is 0.883. The van der Waals surface area contributed by atoms with Gasteiger partial charge in [0.15, 0.2) is 5.82 Å². The predicted octanol–water partition coefficient (Wildman–Crippen LogP) is 2.69. The van der Waals surface area contributed by atoms with Gasteiger partial charge in [0.25, 0.3) is 10.0 Å². The van der Waals surface area contributed by atoms with Crippen LogP contribution in [0, 0.1) is 11.3 Å². The number of anilines is 1. The second-order valence-electron chi connectivity index (χ2n) is 4.39. The number of aryl methyl sites for hydroxylation is 1. The Bertz CT molecular complexity index is 793.